The predicted octanol–water partition coefficient (Wildman–Crippen LogP) is 3.81. The van der Waals surface area contributed by atoms with Gasteiger partial charge in [0.05, 0.1) is 18.0 Å². The number of carbonyl (C=O) groups is 9. The molecule has 18 nitrogen and oxygen atoms in total. The van der Waals surface area contributed by atoms with E-state index in [0.29, 0.717) is 24.0 Å². The Morgan fingerprint density at radius 2 is 1.31 bits per heavy atom. The third-order valence-corrected chi connectivity index (χ3v) is 13.8. The third-order valence-electron chi connectivity index (χ3n) is 13.8. The van der Waals surface area contributed by atoms with Crippen molar-refractivity contribution in [1.82, 2.24) is 31.1 Å². The van der Waals surface area contributed by atoms with Gasteiger partial charge in [-0.3, -0.25) is 33.6 Å². The van der Waals surface area contributed by atoms with Crippen LogP contribution in [-0.4, -0.2) is 124 Å². The number of hydrogen-bond donors (Lipinski definition) is 5. The Balaban J connectivity index is 0.00000988. The number of benzene rings is 3. The van der Waals surface area contributed by atoms with E-state index in [1.807, 2.05) is 6.07 Å². The Morgan fingerprint density at radius 3 is 1.88 bits per heavy atom. The van der Waals surface area contributed by atoms with Crippen molar-refractivity contribution in [3.05, 3.63) is 108 Å². The predicted molar refractivity (Wildman–Crippen MR) is 265 cm³/mol. The van der Waals surface area contributed by atoms with Gasteiger partial charge in [0.1, 0.15) is 43.1 Å². The van der Waals surface area contributed by atoms with Crippen LogP contribution in [0.5, 0.6) is 0 Å². The molecule has 6 rings (SSSR count). The van der Waals surface area contributed by atoms with E-state index in [9.17, 15) is 43.5 Å². The summed E-state index contributed by atoms with van der Waals surface area (Å²) in [6.45, 7) is 7.53. The maximum atomic E-state index is 15.0. The number of cyclic esters (lactones) is 1. The van der Waals surface area contributed by atoms with Crippen molar-refractivity contribution in [1.29, 1.82) is 0 Å². The Morgan fingerprint density at radius 1 is 0.736 bits per heavy atom. The summed E-state index contributed by atoms with van der Waals surface area (Å²) in [6.07, 6.45) is -3.22. The SMILES string of the molecule is CC(C)[C@@H]1NC(=O)[C@H](Cc2ccccc2)N(C)C(=O)[C@H](Cc2ccccc2)N2C(=O)[C@H](CC[C@H]2O)CC(=O)[C@H](C2CC2)NC(=O)[C@@H](CC(=O)[C@H](C)NC(=O)[C@H](C)NC(=O)OCc2ccccc2)[C@@H](C)OC1=O.[HH]. The van der Waals surface area contributed by atoms with E-state index >= 15 is 4.79 Å². The topological polar surface area (TPSA) is 247 Å². The fourth-order valence-electron chi connectivity index (χ4n) is 9.19. The van der Waals surface area contributed by atoms with Crippen molar-refractivity contribution in [2.75, 3.05) is 7.05 Å². The maximum Gasteiger partial charge on any atom is 0.408 e. The van der Waals surface area contributed by atoms with Crippen molar-refractivity contribution in [2.45, 2.75) is 141 Å². The van der Waals surface area contributed by atoms with Crippen molar-refractivity contribution in [3.63, 3.8) is 0 Å². The van der Waals surface area contributed by atoms with E-state index in [-0.39, 0.29) is 46.1 Å². The largest absolute Gasteiger partial charge is 0.460 e. The minimum atomic E-state index is -1.42. The standard InChI is InChI=1S/C54H68N6O12.H2/c1-31(2)46-53(69)72-34(5)40(29-43(61)32(3)55-48(64)33(4)56-54(70)71-30-37-20-14-9-15-21-37)49(65)58-47(38-22-23-38)44(62)28-39-24-25-45(63)60(51(39)67)42(27-36-18-12-8-13-19-36)52(68)59(6)41(50(66)57-46)26-35-16-10-7-11-17-35;/h7-21,31-34,38-42,45-47,63H,22-30H2,1-6H3,(H,55,64)(H,56,70)(H,57,66)(H,58,65);1H/t32-,33-,34+,39+,40-,41-,42-,45+,46-,47-;/m0./s1. The number of piperidine rings is 1. The lowest BCUT2D eigenvalue weighted by atomic mass is 9.86. The zero-order valence-corrected chi connectivity index (χ0v) is 41.8. The van der Waals surface area contributed by atoms with E-state index in [2.05, 4.69) is 21.3 Å². The summed E-state index contributed by atoms with van der Waals surface area (Å²) in [6, 6.07) is 19.4. The molecular formula is C54H70N6O12. The molecule has 2 aliphatic heterocycles. The number of ketones is 2. The first-order valence-corrected chi connectivity index (χ1v) is 24.8. The molecule has 0 spiro atoms. The number of rotatable bonds is 14. The number of alkyl carbamates (subject to hydrolysis) is 1. The smallest absolute Gasteiger partial charge is 0.408 e. The second kappa shape index (κ2) is 24.9. The van der Waals surface area contributed by atoms with Crippen LogP contribution in [0.15, 0.2) is 91.0 Å². The minimum absolute atomic E-state index is 0. The molecule has 1 aliphatic carbocycles. The number of fused-ring (bicyclic) bond motifs is 2. The normalized spacial score (nSPS) is 25.7. The summed E-state index contributed by atoms with van der Waals surface area (Å²) >= 11 is 0. The zero-order chi connectivity index (χ0) is 52.2. The number of nitrogens with zero attached hydrogens (tertiary/aromatic N) is 2. The molecule has 3 aromatic carbocycles. The lowest BCUT2D eigenvalue weighted by molar-refractivity contribution is -0.167. The van der Waals surface area contributed by atoms with Crippen LogP contribution in [0.2, 0.25) is 0 Å². The van der Waals surface area contributed by atoms with Gasteiger partial charge in [0, 0.05) is 40.1 Å². The average molecular weight is 995 g/mol. The fourth-order valence-corrected chi connectivity index (χ4v) is 9.19. The number of Topliss-reactive ketones (excluding diaryl/α,β-unsaturated/α-hetero) is 2. The Hall–Kier alpha value is -6.95. The molecule has 6 amide bonds. The van der Waals surface area contributed by atoms with Crippen LogP contribution in [0.25, 0.3) is 0 Å². The van der Waals surface area contributed by atoms with Crippen LogP contribution in [0.4, 0.5) is 4.79 Å². The third kappa shape index (κ3) is 14.4. The van der Waals surface area contributed by atoms with Gasteiger partial charge in [-0.1, -0.05) is 105 Å². The van der Waals surface area contributed by atoms with Gasteiger partial charge in [-0.05, 0) is 75.0 Å². The molecule has 0 unspecified atom stereocenters. The molecule has 3 fully saturated rings. The van der Waals surface area contributed by atoms with Crippen LogP contribution in [0, 0.1) is 23.7 Å². The Bertz CT molecular complexity index is 2430. The van der Waals surface area contributed by atoms with Gasteiger partial charge in [-0.25, -0.2) is 9.59 Å². The van der Waals surface area contributed by atoms with Gasteiger partial charge in [-0.15, -0.1) is 0 Å². The van der Waals surface area contributed by atoms with Crippen molar-refractivity contribution in [3.8, 4) is 0 Å². The second-order valence-corrected chi connectivity index (χ2v) is 19.7. The number of likely N-dealkylation sites (N-methyl/N-ethyl adjacent to an activating group) is 1. The quantitative estimate of drug-likeness (QED) is 0.145. The molecule has 10 atom stereocenters. The van der Waals surface area contributed by atoms with Gasteiger partial charge >= 0.3 is 12.1 Å². The molecule has 3 aliphatic rings. The number of carbonyl (C=O) groups excluding carboxylic acids is 9. The minimum Gasteiger partial charge on any atom is -0.460 e. The molecule has 18 heteroatoms. The van der Waals surface area contributed by atoms with E-state index in [4.69, 9.17) is 9.47 Å². The molecule has 0 radical (unpaired) electrons. The van der Waals surface area contributed by atoms with Crippen molar-refractivity contribution >= 4 is 53.2 Å². The van der Waals surface area contributed by atoms with E-state index < -0.39 is 126 Å². The first-order chi connectivity index (χ1) is 34.3. The Kier molecular flexibility index (Phi) is 18.8. The highest BCUT2D eigenvalue weighted by Gasteiger charge is 2.47. The second-order valence-electron chi connectivity index (χ2n) is 19.7. The van der Waals surface area contributed by atoms with Gasteiger partial charge < -0.3 is 45.6 Å². The summed E-state index contributed by atoms with van der Waals surface area (Å²) in [4.78, 5) is 130. The molecule has 2 saturated heterocycles. The molecule has 0 aromatic heterocycles. The zero-order valence-electron chi connectivity index (χ0n) is 41.8. The molecule has 72 heavy (non-hydrogen) atoms. The number of esters is 1. The van der Waals surface area contributed by atoms with E-state index in [1.165, 1.54) is 32.7 Å². The molecule has 388 valence electrons. The maximum absolute atomic E-state index is 15.0. The number of ether oxygens (including phenoxy) is 2. The van der Waals surface area contributed by atoms with Gasteiger partial charge in [0.15, 0.2) is 11.6 Å². The first-order valence-electron chi connectivity index (χ1n) is 24.8. The molecule has 1 saturated carbocycles. The molecule has 5 N–H and O–H groups in total. The lowest BCUT2D eigenvalue weighted by Crippen LogP contribution is -2.62. The van der Waals surface area contributed by atoms with Gasteiger partial charge in [0.2, 0.25) is 29.5 Å². The Labute approximate surface area is 421 Å². The number of aliphatic hydroxyl groups excluding tert-OH is 1. The van der Waals surface area contributed by atoms with Crippen molar-refractivity contribution in [2.24, 2.45) is 23.7 Å². The van der Waals surface area contributed by atoms with Gasteiger partial charge in [0.25, 0.3) is 0 Å². The van der Waals surface area contributed by atoms with E-state index in [1.54, 1.807) is 98.8 Å². The van der Waals surface area contributed by atoms with Crippen LogP contribution >= 0.6 is 0 Å². The number of hydrogen-bond acceptors (Lipinski definition) is 12. The highest BCUT2D eigenvalue weighted by atomic mass is 16.6. The molecule has 2 heterocycles. The highest BCUT2D eigenvalue weighted by molar-refractivity contribution is 5.98. The highest BCUT2D eigenvalue weighted by Crippen LogP contribution is 2.36. The first kappa shape index (κ1) is 54.4. The van der Waals surface area contributed by atoms with Crippen LogP contribution in [0.1, 0.15) is 91.3 Å². The van der Waals surface area contributed by atoms with Crippen molar-refractivity contribution < 1.29 is 59.2 Å². The van der Waals surface area contributed by atoms with Crippen LogP contribution < -0.4 is 21.3 Å². The molecule has 3 aromatic rings. The monoisotopic (exact) mass is 995 g/mol. The average Bonchev–Trinajstić information content (AvgIpc) is 4.21. The van der Waals surface area contributed by atoms with E-state index in [0.717, 1.165) is 10.5 Å². The summed E-state index contributed by atoms with van der Waals surface area (Å²) in [5, 5.41) is 22.2. The fraction of sp³-hybridized carbons (Fsp3) is 0.500. The molecular weight excluding hydrogens is 925 g/mol. The van der Waals surface area contributed by atoms with Crippen LogP contribution in [0.3, 0.4) is 0 Å². The summed E-state index contributed by atoms with van der Waals surface area (Å²) in [5.41, 5.74) is 2.09. The summed E-state index contributed by atoms with van der Waals surface area (Å²) < 4.78 is 11.2. The number of nitrogens with one attached hydrogen (secondary N) is 4. The van der Waals surface area contributed by atoms with Crippen LogP contribution in [-0.2, 0) is 67.3 Å². The summed E-state index contributed by atoms with van der Waals surface area (Å²) in [7, 11) is 1.43. The summed E-state index contributed by atoms with van der Waals surface area (Å²) in [5.74, 6) is -8.85. The lowest BCUT2D eigenvalue weighted by Gasteiger charge is -2.43. The molecule has 2 bridgehead atoms. The van der Waals surface area contributed by atoms with Gasteiger partial charge in [-0.2, -0.15) is 0 Å². The number of aliphatic hydroxyl groups is 1. The number of amides is 6.